The van der Waals surface area contributed by atoms with Gasteiger partial charge in [0, 0.05) is 37.8 Å². The van der Waals surface area contributed by atoms with E-state index in [-0.39, 0.29) is 5.91 Å². The van der Waals surface area contributed by atoms with E-state index >= 15 is 0 Å². The third-order valence-corrected chi connectivity index (χ3v) is 4.96. The molecule has 148 valence electrons. The maximum Gasteiger partial charge on any atom is 0.248 e. The maximum atomic E-state index is 12.5. The molecule has 0 aliphatic carbocycles. The number of hydrogen-bond donors (Lipinski definition) is 1. The van der Waals surface area contributed by atoms with Gasteiger partial charge in [0.15, 0.2) is 0 Å². The van der Waals surface area contributed by atoms with Crippen LogP contribution < -0.4 is 15.0 Å². The average molecular weight is 380 g/mol. The molecule has 2 aromatic carbocycles. The molecule has 5 heteroatoms. The van der Waals surface area contributed by atoms with Crippen LogP contribution >= 0.6 is 0 Å². The van der Waals surface area contributed by atoms with E-state index in [0.717, 1.165) is 55.4 Å². The lowest BCUT2D eigenvalue weighted by Gasteiger charge is -2.36. The summed E-state index contributed by atoms with van der Waals surface area (Å²) in [4.78, 5) is 17.3. The van der Waals surface area contributed by atoms with Crippen molar-refractivity contribution in [1.29, 1.82) is 0 Å². The van der Waals surface area contributed by atoms with Gasteiger partial charge in [-0.2, -0.15) is 0 Å². The SMILES string of the molecule is CCOc1ccccc1/C=C/C(=O)Nc1ccccc1N1CCN(CC)CC1. The Hall–Kier alpha value is -2.79. The number of hydrogen-bond acceptors (Lipinski definition) is 4. The summed E-state index contributed by atoms with van der Waals surface area (Å²) in [6, 6.07) is 15.7. The smallest absolute Gasteiger partial charge is 0.248 e. The Labute approximate surface area is 167 Å². The zero-order valence-electron chi connectivity index (χ0n) is 16.7. The van der Waals surface area contributed by atoms with Crippen LogP contribution in [-0.4, -0.2) is 50.1 Å². The van der Waals surface area contributed by atoms with Crippen LogP contribution in [0.1, 0.15) is 19.4 Å². The molecule has 1 fully saturated rings. The van der Waals surface area contributed by atoms with E-state index in [9.17, 15) is 4.79 Å². The van der Waals surface area contributed by atoms with Crippen LogP contribution in [0, 0.1) is 0 Å². The van der Waals surface area contributed by atoms with E-state index < -0.39 is 0 Å². The number of ether oxygens (including phenoxy) is 1. The predicted octanol–water partition coefficient (Wildman–Crippen LogP) is 3.88. The van der Waals surface area contributed by atoms with E-state index in [1.54, 1.807) is 12.2 Å². The maximum absolute atomic E-state index is 12.5. The number of benzene rings is 2. The summed E-state index contributed by atoms with van der Waals surface area (Å²) >= 11 is 0. The third-order valence-electron chi connectivity index (χ3n) is 4.96. The lowest BCUT2D eigenvalue weighted by molar-refractivity contribution is -0.111. The molecule has 3 rings (SSSR count). The number of likely N-dealkylation sites (N-methyl/N-ethyl adjacent to an activating group) is 1. The van der Waals surface area contributed by atoms with Crippen molar-refractivity contribution in [2.75, 3.05) is 49.5 Å². The molecule has 1 amide bonds. The first-order valence-electron chi connectivity index (χ1n) is 9.98. The Morgan fingerprint density at radius 2 is 1.75 bits per heavy atom. The van der Waals surface area contributed by atoms with Gasteiger partial charge in [-0.3, -0.25) is 4.79 Å². The first kappa shape index (κ1) is 20.0. The summed E-state index contributed by atoms with van der Waals surface area (Å²) in [5.41, 5.74) is 2.82. The topological polar surface area (TPSA) is 44.8 Å². The summed E-state index contributed by atoms with van der Waals surface area (Å²) in [6.07, 6.45) is 3.35. The molecule has 0 bridgehead atoms. The van der Waals surface area contributed by atoms with Crippen molar-refractivity contribution >= 4 is 23.4 Å². The molecule has 0 atom stereocenters. The van der Waals surface area contributed by atoms with E-state index in [1.807, 2.05) is 49.4 Å². The standard InChI is InChI=1S/C23H29N3O2/c1-3-25-15-17-26(18-16-25)21-11-7-6-10-20(21)24-23(27)14-13-19-9-5-8-12-22(19)28-4-2/h5-14H,3-4,15-18H2,1-2H3,(H,24,27)/b14-13+. The molecule has 5 nitrogen and oxygen atoms in total. The number of nitrogens with zero attached hydrogens (tertiary/aromatic N) is 2. The number of rotatable bonds is 7. The van der Waals surface area contributed by atoms with Gasteiger partial charge in [-0.25, -0.2) is 0 Å². The number of piperazine rings is 1. The molecule has 1 saturated heterocycles. The van der Waals surface area contributed by atoms with Gasteiger partial charge < -0.3 is 19.9 Å². The van der Waals surface area contributed by atoms with Crippen LogP contribution in [0.3, 0.4) is 0 Å². The zero-order chi connectivity index (χ0) is 19.8. The van der Waals surface area contributed by atoms with Gasteiger partial charge in [0.1, 0.15) is 5.75 Å². The van der Waals surface area contributed by atoms with Gasteiger partial charge in [-0.1, -0.05) is 37.3 Å². The van der Waals surface area contributed by atoms with Crippen LogP contribution in [0.2, 0.25) is 0 Å². The normalized spacial score (nSPS) is 15.0. The van der Waals surface area contributed by atoms with Gasteiger partial charge >= 0.3 is 0 Å². The Balaban J connectivity index is 1.68. The fourth-order valence-corrected chi connectivity index (χ4v) is 3.41. The van der Waals surface area contributed by atoms with Crippen LogP contribution in [0.5, 0.6) is 5.75 Å². The molecule has 1 aliphatic rings. The largest absolute Gasteiger partial charge is 0.493 e. The Morgan fingerprint density at radius 3 is 2.50 bits per heavy atom. The molecule has 0 saturated carbocycles. The third kappa shape index (κ3) is 5.14. The molecule has 2 aromatic rings. The Morgan fingerprint density at radius 1 is 1.04 bits per heavy atom. The van der Waals surface area contributed by atoms with Gasteiger partial charge in [0.25, 0.3) is 0 Å². The van der Waals surface area contributed by atoms with Crippen molar-refractivity contribution in [3.05, 3.63) is 60.2 Å². The van der Waals surface area contributed by atoms with Gasteiger partial charge in [0.2, 0.25) is 5.91 Å². The fraction of sp³-hybridized carbons (Fsp3) is 0.348. The van der Waals surface area contributed by atoms with Crippen molar-refractivity contribution in [2.24, 2.45) is 0 Å². The van der Waals surface area contributed by atoms with E-state index in [0.29, 0.717) is 6.61 Å². The average Bonchev–Trinajstić information content (AvgIpc) is 2.74. The molecule has 1 aliphatic heterocycles. The highest BCUT2D eigenvalue weighted by molar-refractivity contribution is 6.04. The molecule has 0 radical (unpaired) electrons. The molecule has 0 unspecified atom stereocenters. The summed E-state index contributed by atoms with van der Waals surface area (Å²) in [6.45, 7) is 9.86. The first-order chi connectivity index (χ1) is 13.7. The van der Waals surface area contributed by atoms with Crippen LogP contribution in [0.25, 0.3) is 6.08 Å². The van der Waals surface area contributed by atoms with Crippen LogP contribution in [-0.2, 0) is 4.79 Å². The number of amides is 1. The predicted molar refractivity (Wildman–Crippen MR) is 116 cm³/mol. The zero-order valence-corrected chi connectivity index (χ0v) is 16.7. The van der Waals surface area contributed by atoms with Crippen molar-refractivity contribution < 1.29 is 9.53 Å². The summed E-state index contributed by atoms with van der Waals surface area (Å²) in [5.74, 6) is 0.634. The second-order valence-corrected chi connectivity index (χ2v) is 6.73. The molecule has 0 aromatic heterocycles. The first-order valence-corrected chi connectivity index (χ1v) is 9.98. The highest BCUT2D eigenvalue weighted by Gasteiger charge is 2.18. The van der Waals surface area contributed by atoms with Crippen molar-refractivity contribution in [3.63, 3.8) is 0 Å². The lowest BCUT2D eigenvalue weighted by Crippen LogP contribution is -2.46. The monoisotopic (exact) mass is 379 g/mol. The van der Waals surface area contributed by atoms with Gasteiger partial charge in [-0.15, -0.1) is 0 Å². The number of para-hydroxylation sites is 3. The molecular weight excluding hydrogens is 350 g/mol. The number of nitrogens with one attached hydrogen (secondary N) is 1. The number of carbonyl (C=O) groups is 1. The molecule has 28 heavy (non-hydrogen) atoms. The summed E-state index contributed by atoms with van der Waals surface area (Å²) in [7, 11) is 0. The Bertz CT molecular complexity index is 811. The minimum atomic E-state index is -0.147. The Kier molecular flexibility index (Phi) is 7.09. The van der Waals surface area contributed by atoms with E-state index in [2.05, 4.69) is 28.1 Å². The van der Waals surface area contributed by atoms with E-state index in [4.69, 9.17) is 4.74 Å². The lowest BCUT2D eigenvalue weighted by atomic mass is 10.2. The highest BCUT2D eigenvalue weighted by Crippen LogP contribution is 2.27. The van der Waals surface area contributed by atoms with Crippen LogP contribution in [0.4, 0.5) is 11.4 Å². The molecule has 1 heterocycles. The quantitative estimate of drug-likeness (QED) is 0.742. The van der Waals surface area contributed by atoms with Crippen molar-refractivity contribution in [1.82, 2.24) is 4.90 Å². The fourth-order valence-electron chi connectivity index (χ4n) is 3.41. The van der Waals surface area contributed by atoms with Crippen LogP contribution in [0.15, 0.2) is 54.6 Å². The number of carbonyl (C=O) groups excluding carboxylic acids is 1. The van der Waals surface area contributed by atoms with Crippen molar-refractivity contribution in [2.45, 2.75) is 13.8 Å². The molecule has 0 spiro atoms. The summed E-state index contributed by atoms with van der Waals surface area (Å²) < 4.78 is 5.61. The summed E-state index contributed by atoms with van der Waals surface area (Å²) in [5, 5.41) is 3.03. The number of anilines is 2. The highest BCUT2D eigenvalue weighted by atomic mass is 16.5. The second-order valence-electron chi connectivity index (χ2n) is 6.73. The second kappa shape index (κ2) is 9.95. The molecular formula is C23H29N3O2. The van der Waals surface area contributed by atoms with Crippen molar-refractivity contribution in [3.8, 4) is 5.75 Å². The van der Waals surface area contributed by atoms with E-state index in [1.165, 1.54) is 0 Å². The minimum Gasteiger partial charge on any atom is -0.493 e. The van der Waals surface area contributed by atoms with Gasteiger partial charge in [-0.05, 0) is 37.7 Å². The minimum absolute atomic E-state index is 0.147. The van der Waals surface area contributed by atoms with Gasteiger partial charge in [0.05, 0.1) is 18.0 Å². The molecule has 1 N–H and O–H groups in total.